The van der Waals surface area contributed by atoms with Crippen LogP contribution in [0.25, 0.3) is 10.9 Å². The lowest BCUT2D eigenvalue weighted by molar-refractivity contribution is 0.0904. The van der Waals surface area contributed by atoms with Crippen LogP contribution in [0.3, 0.4) is 0 Å². The molecule has 0 saturated carbocycles. The summed E-state index contributed by atoms with van der Waals surface area (Å²) in [5.74, 6) is -1.19. The minimum absolute atomic E-state index is 0.217. The third kappa shape index (κ3) is 5.30. The highest BCUT2D eigenvalue weighted by Crippen LogP contribution is 2.36. The number of pyridine rings is 1. The summed E-state index contributed by atoms with van der Waals surface area (Å²) >= 11 is 0. The molecule has 0 radical (unpaired) electrons. The number of H-pyrrole nitrogens is 1. The monoisotopic (exact) mass is 573 g/mol. The SMILES string of the molecule is CN1C[C@@H]2C[C@H]1CN2c1ccc(C(=O)Nc2n[nH]c3cnc(Cc4cc(F)cc(F)c4)cc23)c(NC2CCOCC2)c1. The van der Waals surface area contributed by atoms with Crippen molar-refractivity contribution >= 4 is 34.0 Å². The van der Waals surface area contributed by atoms with Crippen LogP contribution in [-0.2, 0) is 11.2 Å². The number of aromatic nitrogens is 3. The normalized spacial score (nSPS) is 20.9. The van der Waals surface area contributed by atoms with Gasteiger partial charge in [0.2, 0.25) is 0 Å². The second-order valence-electron chi connectivity index (χ2n) is 11.6. The van der Waals surface area contributed by atoms with Crippen molar-refractivity contribution in [1.29, 1.82) is 0 Å². The molecule has 3 N–H and O–H groups in total. The first-order valence-electron chi connectivity index (χ1n) is 14.4. The third-order valence-electron chi connectivity index (χ3n) is 8.72. The van der Waals surface area contributed by atoms with E-state index in [4.69, 9.17) is 4.74 Å². The van der Waals surface area contributed by atoms with Gasteiger partial charge in [-0.1, -0.05) is 0 Å². The highest BCUT2D eigenvalue weighted by Gasteiger charge is 2.41. The number of rotatable bonds is 7. The van der Waals surface area contributed by atoms with E-state index in [1.807, 2.05) is 12.1 Å². The third-order valence-corrected chi connectivity index (χ3v) is 8.72. The number of aromatic amines is 1. The first kappa shape index (κ1) is 26.8. The number of likely N-dealkylation sites (tertiary alicyclic amines) is 1. The van der Waals surface area contributed by atoms with Crippen LogP contribution in [-0.4, -0.2) is 77.5 Å². The first-order valence-corrected chi connectivity index (χ1v) is 14.4. The lowest BCUT2D eigenvalue weighted by Gasteiger charge is -2.34. The summed E-state index contributed by atoms with van der Waals surface area (Å²) in [7, 11) is 2.19. The fraction of sp³-hybridized carbons (Fsp3) is 0.387. The molecule has 2 aromatic carbocycles. The van der Waals surface area contributed by atoms with Gasteiger partial charge in [-0.3, -0.25) is 19.8 Å². The summed E-state index contributed by atoms with van der Waals surface area (Å²) in [6, 6.07) is 12.5. The Labute approximate surface area is 242 Å². The molecule has 3 aliphatic heterocycles. The molecule has 11 heteroatoms. The lowest BCUT2D eigenvalue weighted by Crippen LogP contribution is -2.44. The molecular formula is C31H33F2N7O2. The Kier molecular flexibility index (Phi) is 6.99. The maximum atomic E-state index is 13.7. The van der Waals surface area contributed by atoms with Gasteiger partial charge in [-0.25, -0.2) is 8.78 Å². The lowest BCUT2D eigenvalue weighted by atomic mass is 10.1. The van der Waals surface area contributed by atoms with Gasteiger partial charge < -0.3 is 20.3 Å². The number of hydrogen-bond donors (Lipinski definition) is 3. The quantitative estimate of drug-likeness (QED) is 0.298. The highest BCUT2D eigenvalue weighted by molar-refractivity contribution is 6.11. The number of piperazine rings is 1. The Morgan fingerprint density at radius 1 is 1.07 bits per heavy atom. The molecule has 9 nitrogen and oxygen atoms in total. The van der Waals surface area contributed by atoms with Crippen LogP contribution in [0, 0.1) is 11.6 Å². The Hall–Kier alpha value is -4.09. The highest BCUT2D eigenvalue weighted by atomic mass is 19.1. The number of nitrogens with zero attached hydrogens (tertiary/aromatic N) is 4. The largest absolute Gasteiger partial charge is 0.381 e. The van der Waals surface area contributed by atoms with Crippen molar-refractivity contribution in [3.63, 3.8) is 0 Å². The van der Waals surface area contributed by atoms with Crippen molar-refractivity contribution < 1.29 is 18.3 Å². The Bertz CT molecular complexity index is 1610. The van der Waals surface area contributed by atoms with Gasteiger partial charge in [0.1, 0.15) is 11.6 Å². The van der Waals surface area contributed by atoms with Crippen molar-refractivity contribution in [1.82, 2.24) is 20.1 Å². The first-order chi connectivity index (χ1) is 20.4. The fourth-order valence-electron chi connectivity index (χ4n) is 6.52. The van der Waals surface area contributed by atoms with Gasteiger partial charge in [0.15, 0.2) is 5.82 Å². The molecule has 0 aliphatic carbocycles. The van der Waals surface area contributed by atoms with Crippen LogP contribution in [0.1, 0.15) is 40.9 Å². The number of benzene rings is 2. The zero-order valence-electron chi connectivity index (χ0n) is 23.4. The van der Waals surface area contributed by atoms with E-state index in [-0.39, 0.29) is 18.4 Å². The van der Waals surface area contributed by atoms with Crippen LogP contribution in [0.15, 0.2) is 48.7 Å². The molecule has 3 saturated heterocycles. The van der Waals surface area contributed by atoms with Crippen molar-refractivity contribution in [3.8, 4) is 0 Å². The number of nitrogens with one attached hydrogen (secondary N) is 3. The molecule has 3 aliphatic rings. The van der Waals surface area contributed by atoms with Crippen LogP contribution in [0.4, 0.5) is 26.0 Å². The smallest absolute Gasteiger partial charge is 0.258 e. The molecule has 7 rings (SSSR count). The van der Waals surface area contributed by atoms with E-state index in [0.29, 0.717) is 58.8 Å². The standard InChI is InChI=1S/C31H33F2N7O2/c1-39-16-25-13-24(39)17-40(25)23-2-3-26(28(14-23)35-21-4-6-42-7-5-21)31(41)36-30-27-12-22(34-15-29(27)37-38-30)10-18-8-19(32)11-20(33)9-18/h2-3,8-9,11-12,14-15,21,24-25,35H,4-7,10,13,16-17H2,1H3,(H2,36,37,38,41)/t24-,25-/m0/s1. The molecule has 42 heavy (non-hydrogen) atoms. The Balaban J connectivity index is 1.15. The van der Waals surface area contributed by atoms with Crippen LogP contribution in [0.5, 0.6) is 0 Å². The van der Waals surface area contributed by atoms with E-state index in [9.17, 15) is 13.6 Å². The van der Waals surface area contributed by atoms with Crippen molar-refractivity contribution in [3.05, 3.63) is 77.1 Å². The second kappa shape index (κ2) is 11.0. The fourth-order valence-corrected chi connectivity index (χ4v) is 6.52. The average Bonchev–Trinajstić information content (AvgIpc) is 3.67. The van der Waals surface area contributed by atoms with Crippen LogP contribution < -0.4 is 15.5 Å². The summed E-state index contributed by atoms with van der Waals surface area (Å²) in [6.07, 6.45) is 4.76. The van der Waals surface area contributed by atoms with Gasteiger partial charge in [0.05, 0.1) is 17.3 Å². The van der Waals surface area contributed by atoms with E-state index >= 15 is 0 Å². The number of hydrogen-bond acceptors (Lipinski definition) is 7. The number of halogens is 2. The molecule has 5 heterocycles. The van der Waals surface area contributed by atoms with Gasteiger partial charge in [-0.2, -0.15) is 5.10 Å². The summed E-state index contributed by atoms with van der Waals surface area (Å²) < 4.78 is 33.0. The Morgan fingerprint density at radius 2 is 1.88 bits per heavy atom. The summed E-state index contributed by atoms with van der Waals surface area (Å²) in [5.41, 5.74) is 4.16. The molecule has 0 unspecified atom stereocenters. The predicted molar refractivity (Wildman–Crippen MR) is 157 cm³/mol. The zero-order chi connectivity index (χ0) is 28.8. The molecule has 2 bridgehead atoms. The molecule has 3 fully saturated rings. The Morgan fingerprint density at radius 3 is 2.62 bits per heavy atom. The number of fused-ring (bicyclic) bond motifs is 3. The van der Waals surface area contributed by atoms with E-state index in [2.05, 4.69) is 48.7 Å². The van der Waals surface area contributed by atoms with E-state index in [0.717, 1.165) is 43.4 Å². The van der Waals surface area contributed by atoms with E-state index in [1.165, 1.54) is 18.6 Å². The summed E-state index contributed by atoms with van der Waals surface area (Å²) in [5, 5.41) is 14.5. The van der Waals surface area contributed by atoms with Crippen LogP contribution >= 0.6 is 0 Å². The van der Waals surface area contributed by atoms with E-state index in [1.54, 1.807) is 12.3 Å². The summed E-state index contributed by atoms with van der Waals surface area (Å²) in [4.78, 5) is 23.0. The average molecular weight is 574 g/mol. The molecule has 4 aromatic rings. The second-order valence-corrected chi connectivity index (χ2v) is 11.6. The molecule has 2 aromatic heterocycles. The van der Waals surface area contributed by atoms with Gasteiger partial charge in [-0.15, -0.1) is 0 Å². The van der Waals surface area contributed by atoms with Crippen molar-refractivity contribution in [2.24, 2.45) is 0 Å². The molecule has 1 amide bonds. The van der Waals surface area contributed by atoms with Gasteiger partial charge in [-0.05, 0) is 68.3 Å². The van der Waals surface area contributed by atoms with Crippen LogP contribution in [0.2, 0.25) is 0 Å². The van der Waals surface area contributed by atoms with Crippen molar-refractivity contribution in [2.45, 2.75) is 43.8 Å². The van der Waals surface area contributed by atoms with Gasteiger partial charge >= 0.3 is 0 Å². The maximum absolute atomic E-state index is 13.7. The zero-order valence-corrected chi connectivity index (χ0v) is 23.4. The number of amides is 1. The van der Waals surface area contributed by atoms with Gasteiger partial charge in [0.25, 0.3) is 5.91 Å². The minimum atomic E-state index is -0.636. The molecular weight excluding hydrogens is 540 g/mol. The molecule has 218 valence electrons. The predicted octanol–water partition coefficient (Wildman–Crippen LogP) is 4.56. The number of ether oxygens (including phenoxy) is 1. The van der Waals surface area contributed by atoms with Crippen molar-refractivity contribution in [2.75, 3.05) is 48.9 Å². The van der Waals surface area contributed by atoms with E-state index < -0.39 is 11.6 Å². The van der Waals surface area contributed by atoms with Gasteiger partial charge in [0, 0.05) is 79.4 Å². The molecule has 0 spiro atoms. The number of likely N-dealkylation sites (N-methyl/N-ethyl adjacent to an activating group) is 1. The number of anilines is 3. The number of carbonyl (C=O) groups excluding carboxylic acids is 1. The topological polar surface area (TPSA) is 98.4 Å². The molecule has 2 atom stereocenters. The number of carbonyl (C=O) groups is 1. The minimum Gasteiger partial charge on any atom is -0.381 e. The summed E-state index contributed by atoms with van der Waals surface area (Å²) in [6.45, 7) is 3.42. The maximum Gasteiger partial charge on any atom is 0.258 e.